The quantitative estimate of drug-likeness (QED) is 0.563. The van der Waals surface area contributed by atoms with Crippen molar-refractivity contribution in [3.63, 3.8) is 0 Å². The van der Waals surface area contributed by atoms with Crippen molar-refractivity contribution >= 4 is 33.2 Å². The molecule has 1 atom stereocenters. The SMILES string of the molecule is CC(=O)c1ccc(NC(=O)[C@@H](C)OC(=O)c2ccc(CS(C)(=O)=O)cc2)cc1. The van der Waals surface area contributed by atoms with Crippen LogP contribution in [0, 0.1) is 0 Å². The molecule has 0 aliphatic heterocycles. The molecule has 0 unspecified atom stereocenters. The van der Waals surface area contributed by atoms with Gasteiger partial charge in [-0.2, -0.15) is 0 Å². The number of esters is 1. The summed E-state index contributed by atoms with van der Waals surface area (Å²) in [5, 5.41) is 2.61. The molecule has 148 valence electrons. The number of hydrogen-bond acceptors (Lipinski definition) is 6. The summed E-state index contributed by atoms with van der Waals surface area (Å²) in [4.78, 5) is 35.6. The van der Waals surface area contributed by atoms with E-state index in [1.54, 1.807) is 24.3 Å². The first-order valence-electron chi connectivity index (χ1n) is 8.44. The van der Waals surface area contributed by atoms with Gasteiger partial charge in [0.25, 0.3) is 5.91 Å². The first-order valence-corrected chi connectivity index (χ1v) is 10.5. The zero-order chi connectivity index (χ0) is 20.9. The lowest BCUT2D eigenvalue weighted by Gasteiger charge is -2.14. The molecule has 0 aliphatic carbocycles. The highest BCUT2D eigenvalue weighted by molar-refractivity contribution is 7.89. The molecule has 7 nitrogen and oxygen atoms in total. The minimum absolute atomic E-state index is 0.0808. The van der Waals surface area contributed by atoms with Gasteiger partial charge in [0.2, 0.25) is 0 Å². The summed E-state index contributed by atoms with van der Waals surface area (Å²) in [6, 6.07) is 12.3. The molecule has 0 saturated heterocycles. The molecule has 0 aromatic heterocycles. The Bertz CT molecular complexity index is 978. The van der Waals surface area contributed by atoms with Gasteiger partial charge in [0, 0.05) is 17.5 Å². The topological polar surface area (TPSA) is 107 Å². The molecular weight excluding hydrogens is 382 g/mol. The van der Waals surface area contributed by atoms with Crippen LogP contribution in [0.2, 0.25) is 0 Å². The maximum absolute atomic E-state index is 12.2. The zero-order valence-corrected chi connectivity index (χ0v) is 16.6. The highest BCUT2D eigenvalue weighted by Crippen LogP contribution is 2.13. The molecule has 0 heterocycles. The van der Waals surface area contributed by atoms with E-state index >= 15 is 0 Å². The number of carbonyl (C=O) groups is 3. The van der Waals surface area contributed by atoms with E-state index < -0.39 is 27.8 Å². The van der Waals surface area contributed by atoms with E-state index in [1.807, 2.05) is 0 Å². The van der Waals surface area contributed by atoms with Crippen LogP contribution in [0.5, 0.6) is 0 Å². The largest absolute Gasteiger partial charge is 0.449 e. The van der Waals surface area contributed by atoms with Crippen molar-refractivity contribution in [2.45, 2.75) is 25.7 Å². The van der Waals surface area contributed by atoms with Crippen LogP contribution in [-0.4, -0.2) is 38.4 Å². The van der Waals surface area contributed by atoms with Crippen molar-refractivity contribution in [1.82, 2.24) is 0 Å². The third kappa shape index (κ3) is 6.31. The molecule has 0 fully saturated rings. The van der Waals surface area contributed by atoms with Crippen molar-refractivity contribution in [2.75, 3.05) is 11.6 Å². The van der Waals surface area contributed by atoms with Crippen molar-refractivity contribution in [1.29, 1.82) is 0 Å². The Morgan fingerprint density at radius 2 is 1.50 bits per heavy atom. The summed E-state index contributed by atoms with van der Waals surface area (Å²) in [7, 11) is -3.17. The monoisotopic (exact) mass is 403 g/mol. The molecule has 2 aromatic carbocycles. The van der Waals surface area contributed by atoms with Crippen LogP contribution >= 0.6 is 0 Å². The number of carbonyl (C=O) groups excluding carboxylic acids is 3. The standard InChI is InChI=1S/C20H21NO6S/c1-13(22)16-8-10-18(11-9-16)21-19(23)14(2)27-20(24)17-6-4-15(5-7-17)12-28(3,25)26/h4-11,14H,12H2,1-3H3,(H,21,23)/t14-/m1/s1. The first-order chi connectivity index (χ1) is 13.0. The van der Waals surface area contributed by atoms with Crippen LogP contribution in [0.1, 0.15) is 40.1 Å². The third-order valence-electron chi connectivity index (χ3n) is 3.83. The zero-order valence-electron chi connectivity index (χ0n) is 15.8. The number of hydrogen-bond donors (Lipinski definition) is 1. The number of ketones is 1. The van der Waals surface area contributed by atoms with E-state index in [1.165, 1.54) is 38.1 Å². The van der Waals surface area contributed by atoms with E-state index in [4.69, 9.17) is 4.74 Å². The summed E-state index contributed by atoms with van der Waals surface area (Å²) in [5.41, 5.74) is 1.77. The van der Waals surface area contributed by atoms with Crippen LogP contribution in [0.25, 0.3) is 0 Å². The van der Waals surface area contributed by atoms with Crippen molar-refractivity contribution in [3.8, 4) is 0 Å². The van der Waals surface area contributed by atoms with E-state index in [0.717, 1.165) is 6.26 Å². The number of benzene rings is 2. The molecule has 8 heteroatoms. The smallest absolute Gasteiger partial charge is 0.338 e. The van der Waals surface area contributed by atoms with Crippen LogP contribution in [-0.2, 0) is 25.1 Å². The Morgan fingerprint density at radius 3 is 2.00 bits per heavy atom. The number of anilines is 1. The molecule has 0 radical (unpaired) electrons. The van der Waals surface area contributed by atoms with Crippen molar-refractivity contribution in [2.24, 2.45) is 0 Å². The molecule has 0 saturated carbocycles. The van der Waals surface area contributed by atoms with Gasteiger partial charge in [0.15, 0.2) is 21.7 Å². The van der Waals surface area contributed by atoms with Crippen molar-refractivity contribution < 1.29 is 27.5 Å². The Labute approximate surface area is 163 Å². The molecule has 1 amide bonds. The van der Waals surface area contributed by atoms with E-state index in [2.05, 4.69) is 5.32 Å². The number of amides is 1. The van der Waals surface area contributed by atoms with Gasteiger partial charge >= 0.3 is 5.97 Å². The van der Waals surface area contributed by atoms with Gasteiger partial charge in [0.1, 0.15) is 0 Å². The number of nitrogens with one attached hydrogen (secondary N) is 1. The Morgan fingerprint density at radius 1 is 0.964 bits per heavy atom. The summed E-state index contributed by atoms with van der Waals surface area (Å²) >= 11 is 0. The van der Waals surface area contributed by atoms with Gasteiger partial charge in [-0.15, -0.1) is 0 Å². The molecule has 28 heavy (non-hydrogen) atoms. The second-order valence-electron chi connectivity index (χ2n) is 6.44. The lowest BCUT2D eigenvalue weighted by Crippen LogP contribution is -2.30. The Balaban J connectivity index is 1.95. The minimum atomic E-state index is -3.17. The van der Waals surface area contributed by atoms with E-state index in [0.29, 0.717) is 16.8 Å². The van der Waals surface area contributed by atoms with E-state index in [9.17, 15) is 22.8 Å². The molecule has 2 aromatic rings. The Kier molecular flexibility index (Phi) is 6.69. The minimum Gasteiger partial charge on any atom is -0.449 e. The second kappa shape index (κ2) is 8.79. The molecule has 2 rings (SSSR count). The van der Waals surface area contributed by atoms with Gasteiger partial charge in [-0.05, 0) is 55.8 Å². The number of Topliss-reactive ketones (excluding diaryl/α,β-unsaturated/α-hetero) is 1. The van der Waals surface area contributed by atoms with Crippen LogP contribution in [0.4, 0.5) is 5.69 Å². The van der Waals surface area contributed by atoms with Crippen LogP contribution in [0.3, 0.4) is 0 Å². The fraction of sp³-hybridized carbons (Fsp3) is 0.250. The van der Waals surface area contributed by atoms with Crippen molar-refractivity contribution in [3.05, 3.63) is 65.2 Å². The van der Waals surface area contributed by atoms with Crippen LogP contribution < -0.4 is 5.32 Å². The molecule has 1 N–H and O–H groups in total. The summed E-state index contributed by atoms with van der Waals surface area (Å²) in [6.07, 6.45) is 0.0824. The average Bonchev–Trinajstić information content (AvgIpc) is 2.61. The average molecular weight is 403 g/mol. The van der Waals surface area contributed by atoms with Gasteiger partial charge < -0.3 is 10.1 Å². The number of rotatable bonds is 7. The molecular formula is C20H21NO6S. The maximum atomic E-state index is 12.2. The van der Waals surface area contributed by atoms with Gasteiger partial charge in [-0.3, -0.25) is 9.59 Å². The number of sulfone groups is 1. The van der Waals surface area contributed by atoms with Crippen LogP contribution in [0.15, 0.2) is 48.5 Å². The third-order valence-corrected chi connectivity index (χ3v) is 4.69. The lowest BCUT2D eigenvalue weighted by atomic mass is 10.1. The molecule has 0 spiro atoms. The first kappa shape index (κ1) is 21.3. The molecule has 0 bridgehead atoms. The highest BCUT2D eigenvalue weighted by Gasteiger charge is 2.19. The normalized spacial score (nSPS) is 12.1. The predicted molar refractivity (Wildman–Crippen MR) is 105 cm³/mol. The summed E-state index contributed by atoms with van der Waals surface area (Å²) in [5.74, 6) is -1.41. The fourth-order valence-electron chi connectivity index (χ4n) is 2.35. The highest BCUT2D eigenvalue weighted by atomic mass is 32.2. The van der Waals surface area contributed by atoms with Gasteiger partial charge in [-0.25, -0.2) is 13.2 Å². The summed E-state index contributed by atoms with van der Waals surface area (Å²) < 4.78 is 27.7. The predicted octanol–water partition coefficient (Wildman–Crippen LogP) is 2.62. The summed E-state index contributed by atoms with van der Waals surface area (Å²) in [6.45, 7) is 2.89. The number of ether oxygens (including phenoxy) is 1. The maximum Gasteiger partial charge on any atom is 0.338 e. The Hall–Kier alpha value is -3.00. The van der Waals surface area contributed by atoms with Gasteiger partial charge in [0.05, 0.1) is 11.3 Å². The fourth-order valence-corrected chi connectivity index (χ4v) is 3.15. The lowest BCUT2D eigenvalue weighted by molar-refractivity contribution is -0.123. The molecule has 0 aliphatic rings. The second-order valence-corrected chi connectivity index (χ2v) is 8.58. The van der Waals surface area contributed by atoms with E-state index in [-0.39, 0.29) is 17.1 Å². The van der Waals surface area contributed by atoms with Gasteiger partial charge in [-0.1, -0.05) is 12.1 Å².